The van der Waals surface area contributed by atoms with Crippen molar-refractivity contribution in [3.63, 3.8) is 0 Å². The van der Waals surface area contributed by atoms with Crippen LogP contribution in [0, 0.1) is 11.7 Å². The summed E-state index contributed by atoms with van der Waals surface area (Å²) in [5, 5.41) is 3.90. The summed E-state index contributed by atoms with van der Waals surface area (Å²) in [6, 6.07) is 12.2. The highest BCUT2D eigenvalue weighted by Crippen LogP contribution is 2.32. The van der Waals surface area contributed by atoms with Crippen molar-refractivity contribution in [3.05, 3.63) is 48.3 Å². The Morgan fingerprint density at radius 1 is 1.29 bits per heavy atom. The lowest BCUT2D eigenvalue weighted by Gasteiger charge is -2.31. The van der Waals surface area contributed by atoms with Gasteiger partial charge in [0.15, 0.2) is 5.13 Å². The van der Waals surface area contributed by atoms with Crippen LogP contribution in [0.1, 0.15) is 19.8 Å². The Hall–Kier alpha value is -2.67. The lowest BCUT2D eigenvalue weighted by molar-refractivity contribution is -0.120. The van der Waals surface area contributed by atoms with Gasteiger partial charge in [-0.05, 0) is 50.1 Å². The minimum absolute atomic E-state index is 0.0261. The quantitative estimate of drug-likeness (QED) is 0.676. The number of nitrogens with zero attached hydrogens (tertiary/aromatic N) is 2. The lowest BCUT2D eigenvalue weighted by Crippen LogP contribution is -2.38. The van der Waals surface area contributed by atoms with E-state index in [2.05, 4.69) is 15.2 Å². The maximum Gasteiger partial charge on any atom is 0.227 e. The van der Waals surface area contributed by atoms with Gasteiger partial charge in [-0.3, -0.25) is 4.79 Å². The molecule has 1 fully saturated rings. The molecule has 0 radical (unpaired) electrons. The van der Waals surface area contributed by atoms with Crippen molar-refractivity contribution in [2.75, 3.05) is 29.9 Å². The summed E-state index contributed by atoms with van der Waals surface area (Å²) in [6.07, 6.45) is 1.51. The minimum atomic E-state index is -0.245. The fraction of sp³-hybridized carbons (Fsp3) is 0.333. The summed E-state index contributed by atoms with van der Waals surface area (Å²) in [5.74, 6) is 0.429. The minimum Gasteiger partial charge on any atom is -0.492 e. The van der Waals surface area contributed by atoms with E-state index in [0.29, 0.717) is 18.0 Å². The van der Waals surface area contributed by atoms with Gasteiger partial charge in [-0.2, -0.15) is 0 Å². The van der Waals surface area contributed by atoms with Crippen LogP contribution in [-0.2, 0) is 4.79 Å². The topological polar surface area (TPSA) is 54.5 Å². The largest absolute Gasteiger partial charge is 0.492 e. The number of hydrogen-bond acceptors (Lipinski definition) is 5. The number of carbonyl (C=O) groups is 1. The van der Waals surface area contributed by atoms with Crippen LogP contribution in [0.25, 0.3) is 10.2 Å². The van der Waals surface area contributed by atoms with Gasteiger partial charge in [0.2, 0.25) is 5.91 Å². The van der Waals surface area contributed by atoms with Gasteiger partial charge in [-0.15, -0.1) is 0 Å². The maximum atomic E-state index is 13.4. The Morgan fingerprint density at radius 3 is 2.86 bits per heavy atom. The van der Waals surface area contributed by atoms with E-state index in [1.165, 1.54) is 23.5 Å². The monoisotopic (exact) mass is 399 g/mol. The Kier molecular flexibility index (Phi) is 5.43. The predicted octanol–water partition coefficient (Wildman–Crippen LogP) is 4.69. The molecule has 7 heteroatoms. The Balaban J connectivity index is 1.39. The van der Waals surface area contributed by atoms with Crippen molar-refractivity contribution < 1.29 is 13.9 Å². The second kappa shape index (κ2) is 8.14. The molecule has 1 N–H and O–H groups in total. The number of thiazole rings is 1. The molecule has 28 heavy (non-hydrogen) atoms. The Bertz CT molecular complexity index is 983. The standard InChI is InChI=1S/C21H22FN3O2S/c1-2-27-18-6-4-3-5-16(18)23-20(26)14-9-11-25(12-10-14)21-24-17-8-7-15(22)13-19(17)28-21/h3-8,13-14H,2,9-12H2,1H3,(H,23,26). The van der Waals surface area contributed by atoms with E-state index in [9.17, 15) is 9.18 Å². The van der Waals surface area contributed by atoms with Gasteiger partial charge in [-0.25, -0.2) is 9.37 Å². The molecule has 2 heterocycles. The van der Waals surface area contributed by atoms with Gasteiger partial charge >= 0.3 is 0 Å². The van der Waals surface area contributed by atoms with Crippen molar-refractivity contribution in [1.82, 2.24) is 4.98 Å². The van der Waals surface area contributed by atoms with E-state index in [4.69, 9.17) is 4.74 Å². The second-order valence-corrected chi connectivity index (χ2v) is 7.80. The van der Waals surface area contributed by atoms with Crippen molar-refractivity contribution in [2.24, 2.45) is 5.92 Å². The summed E-state index contributed by atoms with van der Waals surface area (Å²) in [5.41, 5.74) is 1.53. The first-order valence-electron chi connectivity index (χ1n) is 9.48. The molecule has 1 saturated heterocycles. The summed E-state index contributed by atoms with van der Waals surface area (Å²) >= 11 is 1.50. The Morgan fingerprint density at radius 2 is 2.07 bits per heavy atom. The molecular weight excluding hydrogens is 377 g/mol. The number of rotatable bonds is 5. The number of halogens is 1. The molecule has 0 atom stereocenters. The average Bonchev–Trinajstić information content (AvgIpc) is 3.13. The number of carbonyl (C=O) groups excluding carboxylic acids is 1. The highest BCUT2D eigenvalue weighted by Gasteiger charge is 2.27. The molecule has 4 rings (SSSR count). The molecule has 0 saturated carbocycles. The zero-order valence-electron chi connectivity index (χ0n) is 15.7. The normalized spacial score (nSPS) is 15.0. The first-order chi connectivity index (χ1) is 13.6. The highest BCUT2D eigenvalue weighted by atomic mass is 32.1. The van der Waals surface area contributed by atoms with E-state index in [1.54, 1.807) is 6.07 Å². The third-order valence-corrected chi connectivity index (χ3v) is 6.00. The molecule has 1 amide bonds. The Labute approximate surface area is 167 Å². The van der Waals surface area contributed by atoms with Crippen molar-refractivity contribution >= 4 is 38.3 Å². The first kappa shape index (κ1) is 18.7. The lowest BCUT2D eigenvalue weighted by atomic mass is 9.96. The van der Waals surface area contributed by atoms with Gasteiger partial charge in [0.05, 0.1) is 22.5 Å². The van der Waals surface area contributed by atoms with Crippen molar-refractivity contribution in [3.8, 4) is 5.75 Å². The first-order valence-corrected chi connectivity index (χ1v) is 10.3. The number of fused-ring (bicyclic) bond motifs is 1. The number of benzene rings is 2. The van der Waals surface area contributed by atoms with Gasteiger partial charge in [0, 0.05) is 19.0 Å². The molecule has 3 aromatic rings. The molecule has 0 aliphatic carbocycles. The summed E-state index contributed by atoms with van der Waals surface area (Å²) < 4.78 is 19.8. The van der Waals surface area contributed by atoms with E-state index in [-0.39, 0.29) is 17.6 Å². The average molecular weight is 399 g/mol. The maximum absolute atomic E-state index is 13.4. The van der Waals surface area contributed by atoms with Crippen LogP contribution in [0.2, 0.25) is 0 Å². The summed E-state index contributed by atoms with van der Waals surface area (Å²) in [4.78, 5) is 19.5. The van der Waals surface area contributed by atoms with Crippen LogP contribution in [0.4, 0.5) is 15.2 Å². The van der Waals surface area contributed by atoms with Gasteiger partial charge in [0.1, 0.15) is 11.6 Å². The number of hydrogen-bond donors (Lipinski definition) is 1. The van der Waals surface area contributed by atoms with E-state index >= 15 is 0 Å². The number of para-hydroxylation sites is 2. The van der Waals surface area contributed by atoms with E-state index < -0.39 is 0 Å². The van der Waals surface area contributed by atoms with Gasteiger partial charge in [-0.1, -0.05) is 23.5 Å². The molecule has 0 bridgehead atoms. The van der Waals surface area contributed by atoms with Crippen LogP contribution in [0.3, 0.4) is 0 Å². The molecule has 1 aliphatic rings. The van der Waals surface area contributed by atoms with E-state index in [0.717, 1.165) is 41.3 Å². The zero-order valence-corrected chi connectivity index (χ0v) is 16.5. The highest BCUT2D eigenvalue weighted by molar-refractivity contribution is 7.22. The summed E-state index contributed by atoms with van der Waals surface area (Å²) in [6.45, 7) is 3.99. The number of piperidine rings is 1. The predicted molar refractivity (Wildman–Crippen MR) is 111 cm³/mol. The van der Waals surface area contributed by atoms with E-state index in [1.807, 2.05) is 31.2 Å². The molecule has 0 spiro atoms. The SMILES string of the molecule is CCOc1ccccc1NC(=O)C1CCN(c2nc3ccc(F)cc3s2)CC1. The second-order valence-electron chi connectivity index (χ2n) is 6.79. The van der Waals surface area contributed by atoms with Gasteiger partial charge in [0.25, 0.3) is 0 Å². The third-order valence-electron chi connectivity index (χ3n) is 4.92. The summed E-state index contributed by atoms with van der Waals surface area (Å²) in [7, 11) is 0. The smallest absolute Gasteiger partial charge is 0.227 e. The van der Waals surface area contributed by atoms with Crippen molar-refractivity contribution in [2.45, 2.75) is 19.8 Å². The molecular formula is C21H22FN3O2S. The fourth-order valence-corrected chi connectivity index (χ4v) is 4.48. The van der Waals surface area contributed by atoms with Crippen LogP contribution in [-0.4, -0.2) is 30.6 Å². The van der Waals surface area contributed by atoms with Crippen LogP contribution in [0.15, 0.2) is 42.5 Å². The van der Waals surface area contributed by atoms with Crippen LogP contribution in [0.5, 0.6) is 5.75 Å². The van der Waals surface area contributed by atoms with Crippen LogP contribution >= 0.6 is 11.3 Å². The van der Waals surface area contributed by atoms with Gasteiger partial charge < -0.3 is 15.0 Å². The number of nitrogens with one attached hydrogen (secondary N) is 1. The molecule has 0 unspecified atom stereocenters. The third kappa shape index (κ3) is 3.94. The number of ether oxygens (including phenoxy) is 1. The van der Waals surface area contributed by atoms with Crippen LogP contribution < -0.4 is 15.0 Å². The molecule has 5 nitrogen and oxygen atoms in total. The molecule has 1 aliphatic heterocycles. The molecule has 2 aromatic carbocycles. The number of anilines is 2. The van der Waals surface area contributed by atoms with Crippen molar-refractivity contribution in [1.29, 1.82) is 0 Å². The molecule has 146 valence electrons. The molecule has 1 aromatic heterocycles. The fourth-order valence-electron chi connectivity index (χ4n) is 3.44. The number of amides is 1. The number of aromatic nitrogens is 1. The zero-order chi connectivity index (χ0) is 19.5.